The van der Waals surface area contributed by atoms with Crippen LogP contribution in [0.25, 0.3) is 0 Å². The van der Waals surface area contributed by atoms with Crippen LogP contribution < -0.4 is 10.6 Å². The molecule has 0 radical (unpaired) electrons. The van der Waals surface area contributed by atoms with Crippen molar-refractivity contribution in [2.24, 2.45) is 5.41 Å². The number of ketones is 1. The van der Waals surface area contributed by atoms with Crippen LogP contribution in [0.15, 0.2) is 24.3 Å². The van der Waals surface area contributed by atoms with Gasteiger partial charge in [0.25, 0.3) is 0 Å². The molecule has 2 aromatic rings. The quantitative estimate of drug-likeness (QED) is 0.115. The maximum atomic E-state index is 14.6. The molecule has 1 fully saturated rings. The fraction of sp³-hybridized carbons (Fsp3) is 0.333. The molecule has 0 amide bonds. The van der Waals surface area contributed by atoms with Crippen molar-refractivity contribution in [3.63, 3.8) is 0 Å². The Morgan fingerprint density at radius 2 is 1.81 bits per heavy atom. The number of nitrogens with one attached hydrogen (secondary N) is 2. The van der Waals surface area contributed by atoms with E-state index in [1.807, 2.05) is 22.6 Å². The highest BCUT2D eigenvalue weighted by molar-refractivity contribution is 14.1. The van der Waals surface area contributed by atoms with Crippen molar-refractivity contribution in [2.45, 2.75) is 31.4 Å². The van der Waals surface area contributed by atoms with Gasteiger partial charge in [-0.2, -0.15) is 0 Å². The Morgan fingerprint density at radius 3 is 2.38 bits per heavy atom. The van der Waals surface area contributed by atoms with E-state index in [2.05, 4.69) is 10.6 Å². The van der Waals surface area contributed by atoms with Gasteiger partial charge in [-0.1, -0.05) is 0 Å². The van der Waals surface area contributed by atoms with Crippen LogP contribution in [-0.2, 0) is 9.59 Å². The molecule has 0 aliphatic heterocycles. The van der Waals surface area contributed by atoms with Gasteiger partial charge in [-0.25, -0.2) is 17.6 Å². The molecule has 0 bridgehead atoms. The highest BCUT2D eigenvalue weighted by atomic mass is 127. The van der Waals surface area contributed by atoms with E-state index in [0.717, 1.165) is 6.07 Å². The van der Waals surface area contributed by atoms with Gasteiger partial charge in [0, 0.05) is 15.1 Å². The van der Waals surface area contributed by atoms with Crippen molar-refractivity contribution in [2.75, 3.05) is 17.2 Å². The maximum Gasteiger partial charge on any atom is 0.184 e. The molecular weight excluding hydrogens is 547 g/mol. The minimum Gasteiger partial charge on any atom is -0.394 e. The molecule has 2 atom stereocenters. The van der Waals surface area contributed by atoms with Crippen LogP contribution in [0, 0.1) is 32.3 Å². The molecule has 172 valence electrons. The number of aliphatic hydroxyl groups is 2. The first kappa shape index (κ1) is 24.4. The van der Waals surface area contributed by atoms with E-state index in [1.54, 1.807) is 0 Å². The van der Waals surface area contributed by atoms with Gasteiger partial charge in [0.15, 0.2) is 23.2 Å². The van der Waals surface area contributed by atoms with E-state index >= 15 is 0 Å². The van der Waals surface area contributed by atoms with E-state index in [-0.39, 0.29) is 24.5 Å². The monoisotopic (exact) mass is 566 g/mol. The molecule has 0 heterocycles. The van der Waals surface area contributed by atoms with Crippen LogP contribution >= 0.6 is 22.6 Å². The van der Waals surface area contributed by atoms with Gasteiger partial charge < -0.3 is 25.6 Å². The Bertz CT molecular complexity index is 1050. The topological polar surface area (TPSA) is 98.7 Å². The van der Waals surface area contributed by atoms with Crippen LogP contribution in [0.2, 0.25) is 0 Å². The van der Waals surface area contributed by atoms with Crippen molar-refractivity contribution < 1.29 is 37.4 Å². The molecule has 1 aliphatic carbocycles. The van der Waals surface area contributed by atoms with E-state index in [9.17, 15) is 32.3 Å². The summed E-state index contributed by atoms with van der Waals surface area (Å²) in [6.07, 6.45) is -0.422. The number of aliphatic hydroxyl groups excluding tert-OH is 2. The van der Waals surface area contributed by atoms with Crippen molar-refractivity contribution in [1.82, 2.24) is 0 Å². The molecule has 1 unspecified atom stereocenters. The summed E-state index contributed by atoms with van der Waals surface area (Å²) in [6.45, 7) is -0.582. The van der Waals surface area contributed by atoms with Crippen molar-refractivity contribution in [1.29, 1.82) is 0 Å². The zero-order valence-corrected chi connectivity index (χ0v) is 18.6. The number of carbonyl (C=O) groups excluding carboxylic acids is 2. The lowest BCUT2D eigenvalue weighted by atomic mass is 9.89. The van der Waals surface area contributed by atoms with Crippen LogP contribution in [0.4, 0.5) is 34.6 Å². The Morgan fingerprint density at radius 1 is 1.12 bits per heavy atom. The number of carbonyl (C=O) groups is 2. The molecule has 6 nitrogen and oxygen atoms in total. The SMILES string of the molecule is O=C[C@@H](Nc1c(F)cc(F)c(F)c1Nc1ccc(I)cc1F)C(=O)C1(CC(O)CO)CC1. The van der Waals surface area contributed by atoms with Crippen LogP contribution in [-0.4, -0.2) is 41.0 Å². The molecule has 0 spiro atoms. The third-order valence-corrected chi connectivity index (χ3v) is 5.96. The summed E-state index contributed by atoms with van der Waals surface area (Å²) in [7, 11) is 0. The predicted octanol–water partition coefficient (Wildman–Crippen LogP) is 3.66. The number of anilines is 3. The van der Waals surface area contributed by atoms with E-state index < -0.39 is 64.6 Å². The second-order valence-electron chi connectivity index (χ2n) is 7.60. The van der Waals surface area contributed by atoms with Crippen LogP contribution in [0.5, 0.6) is 0 Å². The Kier molecular flexibility index (Phi) is 7.40. The summed E-state index contributed by atoms with van der Waals surface area (Å²) < 4.78 is 57.8. The molecule has 1 saturated carbocycles. The van der Waals surface area contributed by atoms with Gasteiger partial charge in [-0.3, -0.25) is 4.79 Å². The van der Waals surface area contributed by atoms with E-state index in [4.69, 9.17) is 5.11 Å². The van der Waals surface area contributed by atoms with Crippen molar-refractivity contribution in [3.05, 3.63) is 51.1 Å². The van der Waals surface area contributed by atoms with Gasteiger partial charge >= 0.3 is 0 Å². The molecule has 3 rings (SSSR count). The smallest absolute Gasteiger partial charge is 0.184 e. The fourth-order valence-electron chi connectivity index (χ4n) is 3.44. The van der Waals surface area contributed by atoms with Gasteiger partial charge in [0.1, 0.15) is 23.8 Å². The Labute approximate surface area is 194 Å². The second-order valence-corrected chi connectivity index (χ2v) is 8.84. The Balaban J connectivity index is 1.95. The number of halogens is 5. The lowest BCUT2D eigenvalue weighted by molar-refractivity contribution is -0.128. The fourth-order valence-corrected chi connectivity index (χ4v) is 3.90. The van der Waals surface area contributed by atoms with Crippen LogP contribution in [0.3, 0.4) is 0 Å². The third-order valence-electron chi connectivity index (χ3n) is 5.29. The third kappa shape index (κ3) is 5.04. The molecule has 0 saturated heterocycles. The number of rotatable bonds is 10. The standard InChI is InChI=1S/C21H19F4IN2O4/c22-12-5-10(26)1-2-15(12)27-19-17(25)13(23)6-14(24)18(19)28-16(9-30)20(32)21(3-4-21)7-11(31)8-29/h1-2,5-6,9,11,16,27-29,31H,3-4,7-8H2/t11?,16-/m1/s1. The van der Waals surface area contributed by atoms with Gasteiger partial charge in [0.2, 0.25) is 0 Å². The van der Waals surface area contributed by atoms with Crippen molar-refractivity contribution in [3.8, 4) is 0 Å². The lowest BCUT2D eigenvalue weighted by Crippen LogP contribution is -2.39. The predicted molar refractivity (Wildman–Crippen MR) is 117 cm³/mol. The molecule has 11 heteroatoms. The number of benzene rings is 2. The number of hydrogen-bond donors (Lipinski definition) is 4. The summed E-state index contributed by atoms with van der Waals surface area (Å²) >= 11 is 1.85. The first-order valence-corrected chi connectivity index (χ1v) is 10.6. The summed E-state index contributed by atoms with van der Waals surface area (Å²) in [6, 6.07) is 2.42. The summed E-state index contributed by atoms with van der Waals surface area (Å²) in [4.78, 5) is 24.5. The highest BCUT2D eigenvalue weighted by Crippen LogP contribution is 2.51. The molecule has 2 aromatic carbocycles. The highest BCUT2D eigenvalue weighted by Gasteiger charge is 2.52. The zero-order valence-electron chi connectivity index (χ0n) is 16.5. The molecular formula is C21H19F4IN2O4. The summed E-state index contributed by atoms with van der Waals surface area (Å²) in [5.41, 5.74) is -2.92. The molecule has 4 N–H and O–H groups in total. The van der Waals surface area contributed by atoms with E-state index in [0.29, 0.717) is 16.4 Å². The number of hydrogen-bond acceptors (Lipinski definition) is 6. The number of aldehydes is 1. The largest absolute Gasteiger partial charge is 0.394 e. The minimum absolute atomic E-state index is 0.104. The minimum atomic E-state index is -1.65. The average molecular weight is 566 g/mol. The second kappa shape index (κ2) is 9.71. The van der Waals surface area contributed by atoms with Crippen molar-refractivity contribution >= 4 is 51.7 Å². The number of Topliss-reactive ketones (excluding diaryl/α,β-unsaturated/α-hetero) is 1. The molecule has 0 aromatic heterocycles. The van der Waals surface area contributed by atoms with Crippen LogP contribution in [0.1, 0.15) is 19.3 Å². The summed E-state index contributed by atoms with van der Waals surface area (Å²) in [5.74, 6) is -5.90. The van der Waals surface area contributed by atoms with E-state index in [1.165, 1.54) is 12.1 Å². The van der Waals surface area contributed by atoms with Gasteiger partial charge in [-0.05, 0) is 60.1 Å². The normalized spacial score (nSPS) is 16.2. The maximum absolute atomic E-state index is 14.6. The zero-order chi connectivity index (χ0) is 23.6. The first-order chi connectivity index (χ1) is 15.1. The lowest BCUT2D eigenvalue weighted by Gasteiger charge is -2.23. The summed E-state index contributed by atoms with van der Waals surface area (Å²) in [5, 5.41) is 23.3. The first-order valence-electron chi connectivity index (χ1n) is 9.56. The average Bonchev–Trinajstić information content (AvgIpc) is 3.53. The molecule has 1 aliphatic rings. The van der Waals surface area contributed by atoms with Gasteiger partial charge in [0.05, 0.1) is 24.1 Å². The molecule has 32 heavy (non-hydrogen) atoms. The van der Waals surface area contributed by atoms with Gasteiger partial charge in [-0.15, -0.1) is 0 Å². The Hall–Kier alpha value is -2.25.